The third-order valence-electron chi connectivity index (χ3n) is 4.79. The van der Waals surface area contributed by atoms with Crippen LogP contribution in [0.5, 0.6) is 0 Å². The minimum Gasteiger partial charge on any atom is -0.478 e. The van der Waals surface area contributed by atoms with Crippen LogP contribution < -0.4 is 10.6 Å². The third kappa shape index (κ3) is 4.99. The number of aromatic carboxylic acids is 1. The van der Waals surface area contributed by atoms with Crippen molar-refractivity contribution in [3.8, 4) is 0 Å². The molecule has 1 aliphatic rings. The van der Waals surface area contributed by atoms with Gasteiger partial charge in [-0.05, 0) is 25.8 Å². The maximum atomic E-state index is 12.2. The normalized spacial score (nSPS) is 14.6. The molecule has 1 aliphatic carbocycles. The summed E-state index contributed by atoms with van der Waals surface area (Å²) in [4.78, 5) is 35.4. The van der Waals surface area contributed by atoms with E-state index in [1.54, 1.807) is 6.92 Å². The lowest BCUT2D eigenvalue weighted by molar-refractivity contribution is -0.122. The largest absolute Gasteiger partial charge is 0.478 e. The van der Waals surface area contributed by atoms with Crippen molar-refractivity contribution in [3.05, 3.63) is 41.1 Å². The first-order valence-electron chi connectivity index (χ1n) is 9.35. The standard InChI is InChI=1S/C19H24N4O5/c1-12-16(19(26)27)7-15(28-12)9-20-18(25)13-8-21-23(10-13)11-17(24)22-14-5-3-2-4-6-14/h7-8,10,14H,2-6,9,11H2,1H3,(H,20,25)(H,22,24)(H,26,27). The van der Waals surface area contributed by atoms with Crippen LogP contribution in [0.3, 0.4) is 0 Å². The van der Waals surface area contributed by atoms with Crippen molar-refractivity contribution in [2.75, 3.05) is 0 Å². The molecule has 0 aliphatic heterocycles. The van der Waals surface area contributed by atoms with Gasteiger partial charge >= 0.3 is 5.97 Å². The molecule has 2 amide bonds. The fraction of sp³-hybridized carbons (Fsp3) is 0.474. The number of carbonyl (C=O) groups excluding carboxylic acids is 2. The van der Waals surface area contributed by atoms with E-state index in [4.69, 9.17) is 9.52 Å². The Morgan fingerprint density at radius 1 is 1.29 bits per heavy atom. The smallest absolute Gasteiger partial charge is 0.339 e. The van der Waals surface area contributed by atoms with Gasteiger partial charge in [-0.2, -0.15) is 5.10 Å². The van der Waals surface area contributed by atoms with Crippen LogP contribution in [0.15, 0.2) is 22.9 Å². The fourth-order valence-corrected chi connectivity index (χ4v) is 3.35. The van der Waals surface area contributed by atoms with Gasteiger partial charge in [-0.3, -0.25) is 14.3 Å². The molecule has 28 heavy (non-hydrogen) atoms. The van der Waals surface area contributed by atoms with Gasteiger partial charge in [-0.15, -0.1) is 0 Å². The molecule has 150 valence electrons. The molecule has 0 aromatic carbocycles. The van der Waals surface area contributed by atoms with Crippen molar-refractivity contribution in [2.24, 2.45) is 0 Å². The summed E-state index contributed by atoms with van der Waals surface area (Å²) in [6, 6.07) is 1.61. The van der Waals surface area contributed by atoms with Crippen LogP contribution in [0, 0.1) is 6.92 Å². The van der Waals surface area contributed by atoms with Crippen LogP contribution in [-0.4, -0.2) is 38.7 Å². The van der Waals surface area contributed by atoms with Crippen molar-refractivity contribution >= 4 is 17.8 Å². The van der Waals surface area contributed by atoms with E-state index >= 15 is 0 Å². The predicted octanol–water partition coefficient (Wildman–Crippen LogP) is 1.86. The van der Waals surface area contributed by atoms with Crippen LogP contribution >= 0.6 is 0 Å². The molecule has 2 aromatic heterocycles. The minimum absolute atomic E-state index is 0.0559. The zero-order valence-electron chi connectivity index (χ0n) is 15.7. The number of carboxylic acids is 1. The van der Waals surface area contributed by atoms with E-state index in [9.17, 15) is 14.4 Å². The molecule has 0 atom stereocenters. The first-order valence-corrected chi connectivity index (χ1v) is 9.35. The highest BCUT2D eigenvalue weighted by molar-refractivity contribution is 5.93. The molecule has 9 heteroatoms. The van der Waals surface area contributed by atoms with Gasteiger partial charge in [0.25, 0.3) is 5.91 Å². The lowest BCUT2D eigenvalue weighted by Crippen LogP contribution is -2.38. The number of aromatic nitrogens is 2. The van der Waals surface area contributed by atoms with Gasteiger partial charge in [0.05, 0.1) is 18.3 Å². The molecular formula is C19H24N4O5. The molecule has 0 unspecified atom stereocenters. The SMILES string of the molecule is Cc1oc(CNC(=O)c2cnn(CC(=O)NC3CCCCC3)c2)cc1C(=O)O. The van der Waals surface area contributed by atoms with Gasteiger partial charge in [-0.25, -0.2) is 4.79 Å². The van der Waals surface area contributed by atoms with Crippen LogP contribution in [0.2, 0.25) is 0 Å². The monoisotopic (exact) mass is 388 g/mol. The van der Waals surface area contributed by atoms with Crippen molar-refractivity contribution in [1.29, 1.82) is 0 Å². The van der Waals surface area contributed by atoms with Gasteiger partial charge in [0.1, 0.15) is 23.6 Å². The maximum absolute atomic E-state index is 12.2. The van der Waals surface area contributed by atoms with Gasteiger partial charge in [0.2, 0.25) is 5.91 Å². The average molecular weight is 388 g/mol. The van der Waals surface area contributed by atoms with Gasteiger partial charge < -0.3 is 20.2 Å². The van der Waals surface area contributed by atoms with Gasteiger partial charge in [0.15, 0.2) is 0 Å². The number of carbonyl (C=O) groups is 3. The Morgan fingerprint density at radius 2 is 2.04 bits per heavy atom. The van der Waals surface area contributed by atoms with Crippen molar-refractivity contribution < 1.29 is 23.9 Å². The second-order valence-corrected chi connectivity index (χ2v) is 7.00. The minimum atomic E-state index is -1.08. The predicted molar refractivity (Wildman–Crippen MR) is 98.8 cm³/mol. The van der Waals surface area contributed by atoms with E-state index in [1.807, 2.05) is 0 Å². The summed E-state index contributed by atoms with van der Waals surface area (Å²) in [5, 5.41) is 18.7. The Kier molecular flexibility index (Phi) is 6.13. The Hall–Kier alpha value is -3.10. The summed E-state index contributed by atoms with van der Waals surface area (Å²) in [5.41, 5.74) is 0.383. The van der Waals surface area contributed by atoms with Crippen molar-refractivity contribution in [2.45, 2.75) is 58.2 Å². The number of hydrogen-bond donors (Lipinski definition) is 3. The van der Waals surface area contributed by atoms with Crippen LogP contribution in [0.4, 0.5) is 0 Å². The quantitative estimate of drug-likeness (QED) is 0.664. The highest BCUT2D eigenvalue weighted by Gasteiger charge is 2.17. The Bertz CT molecular complexity index is 864. The molecule has 0 saturated heterocycles. The number of hydrogen-bond acceptors (Lipinski definition) is 5. The molecule has 9 nitrogen and oxygen atoms in total. The Balaban J connectivity index is 1.50. The van der Waals surface area contributed by atoms with E-state index in [0.29, 0.717) is 11.3 Å². The molecule has 3 rings (SSSR count). The number of aryl methyl sites for hydroxylation is 1. The summed E-state index contributed by atoms with van der Waals surface area (Å²) in [6.45, 7) is 1.67. The summed E-state index contributed by atoms with van der Waals surface area (Å²) in [5.74, 6) is -0.943. The molecule has 1 fully saturated rings. The first-order chi connectivity index (χ1) is 13.4. The fourth-order valence-electron chi connectivity index (χ4n) is 3.35. The Morgan fingerprint density at radius 3 is 2.71 bits per heavy atom. The number of furan rings is 1. The topological polar surface area (TPSA) is 126 Å². The van der Waals surface area contributed by atoms with Gasteiger partial charge in [-0.1, -0.05) is 19.3 Å². The summed E-state index contributed by atoms with van der Waals surface area (Å²) in [7, 11) is 0. The summed E-state index contributed by atoms with van der Waals surface area (Å²) >= 11 is 0. The second kappa shape index (κ2) is 8.73. The number of nitrogens with one attached hydrogen (secondary N) is 2. The molecule has 0 bridgehead atoms. The second-order valence-electron chi connectivity index (χ2n) is 7.00. The van der Waals surface area contributed by atoms with Crippen LogP contribution in [-0.2, 0) is 17.9 Å². The van der Waals surface area contributed by atoms with Crippen LogP contribution in [0.1, 0.15) is 64.3 Å². The first kappa shape index (κ1) is 19.7. The molecule has 0 spiro atoms. The summed E-state index contributed by atoms with van der Waals surface area (Å²) in [6.07, 6.45) is 8.41. The van der Waals surface area contributed by atoms with E-state index < -0.39 is 5.97 Å². The zero-order valence-corrected chi connectivity index (χ0v) is 15.7. The average Bonchev–Trinajstić information content (AvgIpc) is 3.27. The number of rotatable bonds is 7. The molecule has 1 saturated carbocycles. The number of nitrogens with zero attached hydrogens (tertiary/aromatic N) is 2. The lowest BCUT2D eigenvalue weighted by Gasteiger charge is -2.22. The molecule has 3 N–H and O–H groups in total. The molecular weight excluding hydrogens is 364 g/mol. The zero-order chi connectivity index (χ0) is 20.1. The highest BCUT2D eigenvalue weighted by Crippen LogP contribution is 2.17. The van der Waals surface area contributed by atoms with E-state index in [1.165, 1.54) is 29.6 Å². The number of amides is 2. The van der Waals surface area contributed by atoms with E-state index in [-0.39, 0.29) is 42.3 Å². The molecule has 2 heterocycles. The van der Waals surface area contributed by atoms with E-state index in [2.05, 4.69) is 15.7 Å². The Labute approximate surface area is 162 Å². The molecule has 0 radical (unpaired) electrons. The van der Waals surface area contributed by atoms with Gasteiger partial charge in [0, 0.05) is 12.2 Å². The highest BCUT2D eigenvalue weighted by atomic mass is 16.4. The molecule has 2 aromatic rings. The van der Waals surface area contributed by atoms with Crippen molar-refractivity contribution in [3.63, 3.8) is 0 Å². The summed E-state index contributed by atoms with van der Waals surface area (Å²) < 4.78 is 6.75. The number of carboxylic acid groups (broad SMARTS) is 1. The maximum Gasteiger partial charge on any atom is 0.339 e. The third-order valence-corrected chi connectivity index (χ3v) is 4.79. The van der Waals surface area contributed by atoms with Crippen molar-refractivity contribution in [1.82, 2.24) is 20.4 Å². The van der Waals surface area contributed by atoms with Crippen LogP contribution in [0.25, 0.3) is 0 Å². The van der Waals surface area contributed by atoms with E-state index in [0.717, 1.165) is 25.7 Å². The lowest BCUT2D eigenvalue weighted by atomic mass is 9.95.